The van der Waals surface area contributed by atoms with E-state index in [9.17, 15) is 8.42 Å². The summed E-state index contributed by atoms with van der Waals surface area (Å²) in [5, 5.41) is 0. The number of hydrogen-bond acceptors (Lipinski definition) is 3. The van der Waals surface area contributed by atoms with E-state index >= 15 is 0 Å². The van der Waals surface area contributed by atoms with Gasteiger partial charge in [-0.1, -0.05) is 18.2 Å². The standard InChI is InChI=1S/C15H18O3S/c16-19(17)8-13-10-6-12(14(13)9-19)15(7-10)18-11-4-2-1-3-5-11/h1-5,10,12-15H,6-9H2/t10-,12-,13-,14-,15+/m1/s1. The van der Waals surface area contributed by atoms with E-state index in [-0.39, 0.29) is 6.10 Å². The van der Waals surface area contributed by atoms with E-state index in [0.29, 0.717) is 35.2 Å². The van der Waals surface area contributed by atoms with Crippen LogP contribution in [0.15, 0.2) is 30.3 Å². The van der Waals surface area contributed by atoms with Crippen LogP contribution in [0.5, 0.6) is 5.75 Å². The van der Waals surface area contributed by atoms with Crippen molar-refractivity contribution in [2.24, 2.45) is 23.7 Å². The highest BCUT2D eigenvalue weighted by Crippen LogP contribution is 2.56. The van der Waals surface area contributed by atoms with Crippen molar-refractivity contribution < 1.29 is 13.2 Å². The van der Waals surface area contributed by atoms with Gasteiger partial charge in [-0.3, -0.25) is 0 Å². The lowest BCUT2D eigenvalue weighted by Gasteiger charge is -2.30. The molecule has 2 bridgehead atoms. The highest BCUT2D eigenvalue weighted by atomic mass is 32.2. The van der Waals surface area contributed by atoms with Gasteiger partial charge >= 0.3 is 0 Å². The first-order valence-electron chi connectivity index (χ1n) is 7.04. The molecule has 2 aliphatic carbocycles. The highest BCUT2D eigenvalue weighted by molar-refractivity contribution is 7.91. The Balaban J connectivity index is 1.54. The molecule has 3 fully saturated rings. The summed E-state index contributed by atoms with van der Waals surface area (Å²) in [4.78, 5) is 0. The molecule has 5 atom stereocenters. The molecule has 3 nitrogen and oxygen atoms in total. The summed E-state index contributed by atoms with van der Waals surface area (Å²) in [6.07, 6.45) is 2.43. The minimum absolute atomic E-state index is 0.224. The summed E-state index contributed by atoms with van der Waals surface area (Å²) in [6, 6.07) is 9.90. The monoisotopic (exact) mass is 278 g/mol. The van der Waals surface area contributed by atoms with Gasteiger partial charge in [0.1, 0.15) is 11.9 Å². The van der Waals surface area contributed by atoms with Gasteiger partial charge in [0.15, 0.2) is 9.84 Å². The summed E-state index contributed by atoms with van der Waals surface area (Å²) in [5.41, 5.74) is 0. The molecule has 19 heavy (non-hydrogen) atoms. The van der Waals surface area contributed by atoms with Gasteiger partial charge in [0.05, 0.1) is 11.5 Å². The predicted octanol–water partition coefficient (Wildman–Crippen LogP) is 2.13. The number of para-hydroxylation sites is 1. The highest BCUT2D eigenvalue weighted by Gasteiger charge is 2.58. The smallest absolute Gasteiger partial charge is 0.150 e. The van der Waals surface area contributed by atoms with Crippen LogP contribution in [0.1, 0.15) is 12.8 Å². The fourth-order valence-corrected chi connectivity index (χ4v) is 6.83. The Hall–Kier alpha value is -1.03. The third kappa shape index (κ3) is 1.88. The molecule has 1 saturated heterocycles. The second-order valence-corrected chi connectivity index (χ2v) is 8.42. The van der Waals surface area contributed by atoms with E-state index in [1.54, 1.807) is 0 Å². The van der Waals surface area contributed by atoms with E-state index in [2.05, 4.69) is 0 Å². The van der Waals surface area contributed by atoms with Crippen LogP contribution in [0.25, 0.3) is 0 Å². The van der Waals surface area contributed by atoms with Gasteiger partial charge in [-0.05, 0) is 42.7 Å². The molecule has 1 aliphatic heterocycles. The minimum Gasteiger partial charge on any atom is -0.490 e. The second kappa shape index (κ2) is 3.98. The molecule has 2 saturated carbocycles. The molecule has 1 aromatic carbocycles. The van der Waals surface area contributed by atoms with Crippen LogP contribution in [-0.4, -0.2) is 26.0 Å². The number of fused-ring (bicyclic) bond motifs is 5. The van der Waals surface area contributed by atoms with Crippen LogP contribution in [0.4, 0.5) is 0 Å². The zero-order valence-corrected chi connectivity index (χ0v) is 11.6. The van der Waals surface area contributed by atoms with Gasteiger partial charge in [0.2, 0.25) is 0 Å². The van der Waals surface area contributed by atoms with Crippen LogP contribution in [0.3, 0.4) is 0 Å². The Morgan fingerprint density at radius 2 is 1.68 bits per heavy atom. The number of ether oxygens (including phenoxy) is 1. The zero-order valence-electron chi connectivity index (χ0n) is 10.7. The van der Waals surface area contributed by atoms with Crippen LogP contribution in [0, 0.1) is 23.7 Å². The van der Waals surface area contributed by atoms with Gasteiger partial charge < -0.3 is 4.74 Å². The van der Waals surface area contributed by atoms with Crippen molar-refractivity contribution in [1.29, 1.82) is 0 Å². The van der Waals surface area contributed by atoms with Crippen molar-refractivity contribution in [3.63, 3.8) is 0 Å². The Morgan fingerprint density at radius 1 is 0.947 bits per heavy atom. The van der Waals surface area contributed by atoms with E-state index in [1.165, 1.54) is 6.42 Å². The van der Waals surface area contributed by atoms with Crippen LogP contribution < -0.4 is 4.74 Å². The zero-order chi connectivity index (χ0) is 13.0. The third-order valence-electron chi connectivity index (χ3n) is 5.22. The summed E-state index contributed by atoms with van der Waals surface area (Å²) >= 11 is 0. The molecule has 102 valence electrons. The molecule has 4 rings (SSSR count). The number of sulfone groups is 1. The first-order chi connectivity index (χ1) is 9.12. The van der Waals surface area contributed by atoms with E-state index in [1.807, 2.05) is 30.3 Å². The molecule has 4 heteroatoms. The molecule has 0 amide bonds. The van der Waals surface area contributed by atoms with Crippen LogP contribution in [0.2, 0.25) is 0 Å². The number of rotatable bonds is 2. The normalized spacial score (nSPS) is 42.2. The molecule has 0 N–H and O–H groups in total. The fraction of sp³-hybridized carbons (Fsp3) is 0.600. The van der Waals surface area contributed by atoms with Crippen molar-refractivity contribution in [2.45, 2.75) is 18.9 Å². The Labute approximate surface area is 113 Å². The molecular formula is C15H18O3S. The van der Waals surface area contributed by atoms with E-state index in [4.69, 9.17) is 4.74 Å². The maximum absolute atomic E-state index is 11.8. The van der Waals surface area contributed by atoms with Gasteiger partial charge in [-0.15, -0.1) is 0 Å². The topological polar surface area (TPSA) is 43.4 Å². The average Bonchev–Trinajstić information content (AvgIpc) is 2.99. The minimum atomic E-state index is -2.78. The van der Waals surface area contributed by atoms with E-state index in [0.717, 1.165) is 12.2 Å². The predicted molar refractivity (Wildman–Crippen MR) is 72.7 cm³/mol. The number of hydrogen-bond donors (Lipinski definition) is 0. The van der Waals surface area contributed by atoms with Crippen molar-refractivity contribution in [1.82, 2.24) is 0 Å². The van der Waals surface area contributed by atoms with Gasteiger partial charge in [0, 0.05) is 5.92 Å². The second-order valence-electron chi connectivity index (χ2n) is 6.27. The molecular weight excluding hydrogens is 260 g/mol. The molecule has 0 spiro atoms. The first kappa shape index (κ1) is 11.8. The fourth-order valence-electron chi connectivity index (χ4n) is 4.51. The molecule has 0 radical (unpaired) electrons. The van der Waals surface area contributed by atoms with E-state index < -0.39 is 9.84 Å². The first-order valence-corrected chi connectivity index (χ1v) is 8.87. The largest absolute Gasteiger partial charge is 0.490 e. The lowest BCUT2D eigenvalue weighted by atomic mass is 9.80. The molecule has 0 aromatic heterocycles. The van der Waals surface area contributed by atoms with Gasteiger partial charge in [0.25, 0.3) is 0 Å². The van der Waals surface area contributed by atoms with Crippen LogP contribution in [-0.2, 0) is 9.84 Å². The SMILES string of the molecule is O=S1(=O)C[C@H]2[C@H](C1)[C@@H]1C[C@H]2[C@@H](Oc2ccccc2)C1. The van der Waals surface area contributed by atoms with Crippen molar-refractivity contribution in [2.75, 3.05) is 11.5 Å². The van der Waals surface area contributed by atoms with Gasteiger partial charge in [-0.25, -0.2) is 8.42 Å². The maximum Gasteiger partial charge on any atom is 0.150 e. The molecule has 0 unspecified atom stereocenters. The van der Waals surface area contributed by atoms with Crippen molar-refractivity contribution >= 4 is 9.84 Å². The molecule has 1 aromatic rings. The molecule has 3 aliphatic rings. The Bertz CT molecular complexity index is 581. The summed E-state index contributed by atoms with van der Waals surface area (Å²) < 4.78 is 29.7. The average molecular weight is 278 g/mol. The summed E-state index contributed by atoms with van der Waals surface area (Å²) in [5.74, 6) is 3.54. The summed E-state index contributed by atoms with van der Waals surface area (Å²) in [7, 11) is -2.78. The van der Waals surface area contributed by atoms with Crippen molar-refractivity contribution in [3.05, 3.63) is 30.3 Å². The molecule has 1 heterocycles. The summed E-state index contributed by atoms with van der Waals surface area (Å²) in [6.45, 7) is 0. The lowest BCUT2D eigenvalue weighted by molar-refractivity contribution is 0.0911. The lowest BCUT2D eigenvalue weighted by Crippen LogP contribution is -2.34. The van der Waals surface area contributed by atoms with Gasteiger partial charge in [-0.2, -0.15) is 0 Å². The Kier molecular flexibility index (Phi) is 2.47. The number of benzene rings is 1. The Morgan fingerprint density at radius 3 is 2.47 bits per heavy atom. The van der Waals surface area contributed by atoms with Crippen molar-refractivity contribution in [3.8, 4) is 5.75 Å². The van der Waals surface area contributed by atoms with Crippen LogP contribution >= 0.6 is 0 Å². The third-order valence-corrected chi connectivity index (χ3v) is 7.00. The maximum atomic E-state index is 11.8. The quantitative estimate of drug-likeness (QED) is 0.832.